The lowest BCUT2D eigenvalue weighted by Crippen LogP contribution is -1.73. The summed E-state index contributed by atoms with van der Waals surface area (Å²) >= 11 is 5.70. The Bertz CT molecular complexity index is 330. The number of halogens is 1. The predicted octanol–water partition coefficient (Wildman–Crippen LogP) is 3.27. The molecule has 0 aliphatic carbocycles. The van der Waals surface area contributed by atoms with E-state index in [1.165, 1.54) is 0 Å². The third-order valence-electron chi connectivity index (χ3n) is 1.43. The first-order valence-corrected chi connectivity index (χ1v) is 3.94. The van der Waals surface area contributed by atoms with E-state index in [0.717, 1.165) is 5.56 Å². The third kappa shape index (κ3) is 2.41. The molecule has 0 saturated heterocycles. The van der Waals surface area contributed by atoms with Gasteiger partial charge in [0.2, 0.25) is 0 Å². The van der Waals surface area contributed by atoms with E-state index in [0.29, 0.717) is 10.6 Å². The van der Waals surface area contributed by atoms with Crippen LogP contribution in [0.1, 0.15) is 12.5 Å². The standard InChI is InChI=1S/C10H8ClN/c1-8(7-12)6-9-2-4-10(11)5-3-9/h2-6H,1H3. The first kappa shape index (κ1) is 8.83. The van der Waals surface area contributed by atoms with Crippen molar-refractivity contribution in [1.29, 1.82) is 5.26 Å². The van der Waals surface area contributed by atoms with Crippen LogP contribution in [-0.4, -0.2) is 0 Å². The molecule has 0 aliphatic rings. The minimum absolute atomic E-state index is 0.692. The molecule has 0 spiro atoms. The van der Waals surface area contributed by atoms with Gasteiger partial charge in [-0.1, -0.05) is 23.7 Å². The number of nitrogens with zero attached hydrogens (tertiary/aromatic N) is 1. The highest BCUT2D eigenvalue weighted by molar-refractivity contribution is 6.30. The van der Waals surface area contributed by atoms with Gasteiger partial charge in [-0.3, -0.25) is 0 Å². The molecule has 1 aromatic carbocycles. The van der Waals surface area contributed by atoms with Gasteiger partial charge in [-0.15, -0.1) is 0 Å². The van der Waals surface area contributed by atoms with Crippen molar-refractivity contribution in [3.63, 3.8) is 0 Å². The SMILES string of the molecule is CC(C#N)=Cc1ccc(Cl)cc1. The van der Waals surface area contributed by atoms with Gasteiger partial charge in [-0.05, 0) is 30.7 Å². The van der Waals surface area contributed by atoms with E-state index in [-0.39, 0.29) is 0 Å². The highest BCUT2D eigenvalue weighted by atomic mass is 35.5. The Hall–Kier alpha value is -1.26. The van der Waals surface area contributed by atoms with Gasteiger partial charge in [0.25, 0.3) is 0 Å². The largest absolute Gasteiger partial charge is 0.193 e. The maximum absolute atomic E-state index is 8.51. The van der Waals surface area contributed by atoms with Crippen molar-refractivity contribution in [1.82, 2.24) is 0 Å². The molecule has 0 N–H and O–H groups in total. The lowest BCUT2D eigenvalue weighted by Gasteiger charge is -1.92. The summed E-state index contributed by atoms with van der Waals surface area (Å²) < 4.78 is 0. The van der Waals surface area contributed by atoms with E-state index >= 15 is 0 Å². The van der Waals surface area contributed by atoms with Crippen molar-refractivity contribution in [2.75, 3.05) is 0 Å². The van der Waals surface area contributed by atoms with Crippen LogP contribution in [0, 0.1) is 11.3 Å². The minimum atomic E-state index is 0.692. The number of allylic oxidation sites excluding steroid dienone is 1. The first-order valence-electron chi connectivity index (χ1n) is 3.56. The third-order valence-corrected chi connectivity index (χ3v) is 1.68. The van der Waals surface area contributed by atoms with Crippen LogP contribution in [0.2, 0.25) is 5.02 Å². The lowest BCUT2D eigenvalue weighted by atomic mass is 10.1. The Morgan fingerprint density at radius 1 is 1.42 bits per heavy atom. The summed E-state index contributed by atoms with van der Waals surface area (Å²) in [5.41, 5.74) is 1.69. The minimum Gasteiger partial charge on any atom is -0.193 e. The molecule has 0 atom stereocenters. The van der Waals surface area contributed by atoms with Crippen LogP contribution < -0.4 is 0 Å². The molecule has 0 amide bonds. The normalized spacial score (nSPS) is 10.9. The highest BCUT2D eigenvalue weighted by Crippen LogP contribution is 2.11. The molecule has 1 nitrogen and oxygen atoms in total. The molecule has 0 aromatic heterocycles. The molecule has 12 heavy (non-hydrogen) atoms. The molecule has 0 bridgehead atoms. The van der Waals surface area contributed by atoms with Crippen LogP contribution in [0.3, 0.4) is 0 Å². The van der Waals surface area contributed by atoms with Gasteiger partial charge in [0, 0.05) is 10.6 Å². The topological polar surface area (TPSA) is 23.8 Å². The van der Waals surface area contributed by atoms with Crippen molar-refractivity contribution in [2.24, 2.45) is 0 Å². The molecular formula is C10H8ClN. The highest BCUT2D eigenvalue weighted by Gasteiger charge is 1.89. The van der Waals surface area contributed by atoms with Gasteiger partial charge in [-0.25, -0.2) is 0 Å². The quantitative estimate of drug-likeness (QED) is 0.604. The molecule has 0 radical (unpaired) electrons. The van der Waals surface area contributed by atoms with Crippen LogP contribution in [0.4, 0.5) is 0 Å². The number of rotatable bonds is 1. The maximum atomic E-state index is 8.51. The first-order chi connectivity index (χ1) is 5.72. The molecule has 0 saturated carbocycles. The zero-order chi connectivity index (χ0) is 8.97. The van der Waals surface area contributed by atoms with Crippen LogP contribution in [0.25, 0.3) is 6.08 Å². The smallest absolute Gasteiger partial charge is 0.0944 e. The van der Waals surface area contributed by atoms with Gasteiger partial charge in [-0.2, -0.15) is 5.26 Å². The van der Waals surface area contributed by atoms with Crippen LogP contribution in [0.15, 0.2) is 29.8 Å². The summed E-state index contributed by atoms with van der Waals surface area (Å²) in [5, 5.41) is 9.22. The lowest BCUT2D eigenvalue weighted by molar-refractivity contribution is 1.46. The zero-order valence-electron chi connectivity index (χ0n) is 6.71. The van der Waals surface area contributed by atoms with Crippen molar-refractivity contribution >= 4 is 17.7 Å². The van der Waals surface area contributed by atoms with Gasteiger partial charge < -0.3 is 0 Å². The molecule has 0 fully saturated rings. The number of nitriles is 1. The number of benzene rings is 1. The van der Waals surface area contributed by atoms with E-state index in [1.807, 2.05) is 18.2 Å². The molecule has 1 aromatic rings. The van der Waals surface area contributed by atoms with Gasteiger partial charge >= 0.3 is 0 Å². The van der Waals surface area contributed by atoms with Crippen LogP contribution in [0.5, 0.6) is 0 Å². The average Bonchev–Trinajstić information content (AvgIpc) is 2.09. The van der Waals surface area contributed by atoms with Crippen LogP contribution >= 0.6 is 11.6 Å². The number of hydrogen-bond acceptors (Lipinski definition) is 1. The fourth-order valence-corrected chi connectivity index (χ4v) is 0.967. The van der Waals surface area contributed by atoms with E-state index in [2.05, 4.69) is 6.07 Å². The summed E-state index contributed by atoms with van der Waals surface area (Å²) in [6.07, 6.45) is 1.82. The molecule has 2 heteroatoms. The van der Waals surface area contributed by atoms with Crippen molar-refractivity contribution in [2.45, 2.75) is 6.92 Å². The summed E-state index contributed by atoms with van der Waals surface area (Å²) in [5.74, 6) is 0. The van der Waals surface area contributed by atoms with Crippen molar-refractivity contribution in [3.05, 3.63) is 40.4 Å². The Morgan fingerprint density at radius 2 is 2.00 bits per heavy atom. The fourth-order valence-electron chi connectivity index (χ4n) is 0.841. The summed E-state index contributed by atoms with van der Waals surface area (Å²) in [6, 6.07) is 9.42. The Labute approximate surface area is 76.9 Å². The second kappa shape index (κ2) is 3.94. The predicted molar refractivity (Wildman–Crippen MR) is 50.7 cm³/mol. The fraction of sp³-hybridized carbons (Fsp3) is 0.100. The summed E-state index contributed by atoms with van der Waals surface area (Å²) in [7, 11) is 0. The van der Waals surface area contributed by atoms with E-state index < -0.39 is 0 Å². The van der Waals surface area contributed by atoms with Crippen LogP contribution in [-0.2, 0) is 0 Å². The second-order valence-corrected chi connectivity index (χ2v) is 2.93. The van der Waals surface area contributed by atoms with Gasteiger partial charge in [0.15, 0.2) is 0 Å². The molecular weight excluding hydrogens is 170 g/mol. The van der Waals surface area contributed by atoms with Gasteiger partial charge in [0.05, 0.1) is 6.07 Å². The molecule has 0 unspecified atom stereocenters. The Balaban J connectivity index is 2.93. The summed E-state index contributed by atoms with van der Waals surface area (Å²) in [6.45, 7) is 1.77. The van der Waals surface area contributed by atoms with E-state index in [4.69, 9.17) is 16.9 Å². The molecule has 60 valence electrons. The zero-order valence-corrected chi connectivity index (χ0v) is 7.47. The van der Waals surface area contributed by atoms with Crippen molar-refractivity contribution < 1.29 is 0 Å². The van der Waals surface area contributed by atoms with E-state index in [9.17, 15) is 0 Å². The van der Waals surface area contributed by atoms with E-state index in [1.54, 1.807) is 19.1 Å². The maximum Gasteiger partial charge on any atom is 0.0944 e. The summed E-state index contributed by atoms with van der Waals surface area (Å²) in [4.78, 5) is 0. The van der Waals surface area contributed by atoms with Gasteiger partial charge in [0.1, 0.15) is 0 Å². The molecule has 1 rings (SSSR count). The Morgan fingerprint density at radius 3 is 2.50 bits per heavy atom. The average molecular weight is 178 g/mol. The molecule has 0 heterocycles. The monoisotopic (exact) mass is 177 g/mol. The molecule has 0 aliphatic heterocycles. The number of hydrogen-bond donors (Lipinski definition) is 0. The van der Waals surface area contributed by atoms with Crippen molar-refractivity contribution in [3.8, 4) is 6.07 Å². The Kier molecular flexibility index (Phi) is 2.90. The second-order valence-electron chi connectivity index (χ2n) is 2.49.